The molecule has 7 nitrogen and oxygen atoms in total. The Hall–Kier alpha value is -3.89. The zero-order valence-corrected chi connectivity index (χ0v) is 17.6. The van der Waals surface area contributed by atoms with E-state index in [0.717, 1.165) is 42.0 Å². The molecule has 0 bridgehead atoms. The Morgan fingerprint density at radius 3 is 2.75 bits per heavy atom. The summed E-state index contributed by atoms with van der Waals surface area (Å²) in [5.74, 6) is 6.98. The maximum Gasteiger partial charge on any atom is 0.228 e. The van der Waals surface area contributed by atoms with Crippen LogP contribution in [0.2, 0.25) is 0 Å². The molecule has 2 aliphatic heterocycles. The fourth-order valence-corrected chi connectivity index (χ4v) is 4.00. The molecule has 3 heterocycles. The maximum atomic E-state index is 12.5. The van der Waals surface area contributed by atoms with Gasteiger partial charge < -0.3 is 15.7 Å². The van der Waals surface area contributed by atoms with Crippen molar-refractivity contribution < 1.29 is 9.90 Å². The lowest BCUT2D eigenvalue weighted by molar-refractivity contribution is -0.115. The lowest BCUT2D eigenvalue weighted by Gasteiger charge is -2.11. The van der Waals surface area contributed by atoms with Crippen molar-refractivity contribution in [3.8, 4) is 28.8 Å². The van der Waals surface area contributed by atoms with E-state index < -0.39 is 0 Å². The molecule has 1 fully saturated rings. The van der Waals surface area contributed by atoms with E-state index in [4.69, 9.17) is 4.98 Å². The molecular weight excluding hydrogens is 402 g/mol. The Balaban J connectivity index is 1.44. The number of aromatic nitrogens is 2. The maximum absolute atomic E-state index is 12.5. The van der Waals surface area contributed by atoms with Crippen LogP contribution in [0, 0.1) is 11.8 Å². The standard InChI is InChI=1S/C25H23N5O2/c31-20-8-6-19(7-9-20)27-25-26-16-18-15-23(32)28-22-14-17(5-10-21(22)24(18)29-25)4-3-13-30-11-1-2-12-30/h5-10,14,16,31H,1-2,11-13,15H2,(H,28,32)(H,26,27,29). The number of likely N-dealkylation sites (tertiary alicyclic amines) is 1. The number of benzene rings is 2. The molecule has 0 atom stereocenters. The Kier molecular flexibility index (Phi) is 5.44. The average Bonchev–Trinajstić information content (AvgIpc) is 3.25. The molecule has 0 radical (unpaired) electrons. The van der Waals surface area contributed by atoms with Gasteiger partial charge in [0.05, 0.1) is 24.3 Å². The number of nitrogens with one attached hydrogen (secondary N) is 2. The third-order valence-corrected chi connectivity index (χ3v) is 5.62. The number of phenols is 1. The smallest absolute Gasteiger partial charge is 0.228 e. The minimum Gasteiger partial charge on any atom is -0.508 e. The molecule has 7 heteroatoms. The summed E-state index contributed by atoms with van der Waals surface area (Å²) in [7, 11) is 0. The van der Waals surface area contributed by atoms with Crippen LogP contribution in [0.4, 0.5) is 17.3 Å². The number of nitrogens with zero attached hydrogens (tertiary/aromatic N) is 3. The van der Waals surface area contributed by atoms with Gasteiger partial charge in [0, 0.05) is 28.6 Å². The van der Waals surface area contributed by atoms with E-state index in [-0.39, 0.29) is 18.1 Å². The lowest BCUT2D eigenvalue weighted by Crippen LogP contribution is -2.18. The van der Waals surface area contributed by atoms with Crippen molar-refractivity contribution in [2.75, 3.05) is 30.3 Å². The van der Waals surface area contributed by atoms with Crippen LogP contribution in [0.3, 0.4) is 0 Å². The SMILES string of the molecule is O=C1Cc2cnc(Nc3ccc(O)cc3)nc2-c2ccc(C#CCN3CCCC3)cc2N1. The first-order valence-corrected chi connectivity index (χ1v) is 10.7. The van der Waals surface area contributed by atoms with Crippen LogP contribution in [-0.2, 0) is 11.2 Å². The molecule has 3 aromatic rings. The highest BCUT2D eigenvalue weighted by Gasteiger charge is 2.21. The van der Waals surface area contributed by atoms with Crippen LogP contribution in [0.5, 0.6) is 5.75 Å². The van der Waals surface area contributed by atoms with Crippen LogP contribution in [0.25, 0.3) is 11.3 Å². The van der Waals surface area contributed by atoms with Crippen LogP contribution in [-0.4, -0.2) is 45.5 Å². The van der Waals surface area contributed by atoms with Crippen LogP contribution < -0.4 is 10.6 Å². The number of phenolic OH excluding ortho intramolecular Hbond substituents is 1. The van der Waals surface area contributed by atoms with Crippen molar-refractivity contribution in [2.45, 2.75) is 19.3 Å². The lowest BCUT2D eigenvalue weighted by atomic mass is 10.0. The van der Waals surface area contributed by atoms with Crippen molar-refractivity contribution in [2.24, 2.45) is 0 Å². The minimum atomic E-state index is -0.102. The van der Waals surface area contributed by atoms with Crippen molar-refractivity contribution in [1.29, 1.82) is 0 Å². The van der Waals surface area contributed by atoms with E-state index >= 15 is 0 Å². The van der Waals surface area contributed by atoms with E-state index in [9.17, 15) is 9.90 Å². The number of carbonyl (C=O) groups excluding carboxylic acids is 1. The number of carbonyl (C=O) groups is 1. The second kappa shape index (κ2) is 8.69. The first kappa shape index (κ1) is 20.0. The Labute approximate surface area is 186 Å². The summed E-state index contributed by atoms with van der Waals surface area (Å²) in [4.78, 5) is 23.9. The van der Waals surface area contributed by atoms with Crippen molar-refractivity contribution >= 4 is 23.2 Å². The Bertz CT molecular complexity index is 1220. The Morgan fingerprint density at radius 2 is 1.94 bits per heavy atom. The molecule has 0 aliphatic carbocycles. The van der Waals surface area contributed by atoms with E-state index in [1.807, 2.05) is 18.2 Å². The van der Waals surface area contributed by atoms with Gasteiger partial charge in [-0.1, -0.05) is 11.8 Å². The molecule has 0 unspecified atom stereocenters. The molecule has 3 N–H and O–H groups in total. The number of fused-ring (bicyclic) bond motifs is 3. The van der Waals surface area contributed by atoms with Crippen LogP contribution in [0.1, 0.15) is 24.0 Å². The summed E-state index contributed by atoms with van der Waals surface area (Å²) in [6.45, 7) is 3.00. The molecule has 1 saturated heterocycles. The molecule has 0 spiro atoms. The monoisotopic (exact) mass is 425 g/mol. The zero-order valence-electron chi connectivity index (χ0n) is 17.6. The van der Waals surface area contributed by atoms with Gasteiger partial charge >= 0.3 is 0 Å². The number of amides is 1. The van der Waals surface area contributed by atoms with Crippen molar-refractivity contribution in [1.82, 2.24) is 14.9 Å². The first-order valence-electron chi connectivity index (χ1n) is 10.7. The normalized spacial score (nSPS) is 15.1. The molecule has 0 saturated carbocycles. The van der Waals surface area contributed by atoms with E-state index in [2.05, 4.69) is 32.4 Å². The van der Waals surface area contributed by atoms with Gasteiger partial charge in [0.1, 0.15) is 5.75 Å². The second-order valence-electron chi connectivity index (χ2n) is 8.01. The number of anilines is 3. The highest BCUT2D eigenvalue weighted by Crippen LogP contribution is 2.34. The molecule has 1 aromatic heterocycles. The van der Waals surface area contributed by atoms with Crippen LogP contribution >= 0.6 is 0 Å². The van der Waals surface area contributed by atoms with Gasteiger partial charge in [0.25, 0.3) is 0 Å². The fraction of sp³-hybridized carbons (Fsp3) is 0.240. The summed E-state index contributed by atoms with van der Waals surface area (Å²) in [5, 5.41) is 15.6. The van der Waals surface area contributed by atoms with Gasteiger partial charge in [0.15, 0.2) is 0 Å². The molecule has 5 rings (SSSR count). The third kappa shape index (κ3) is 4.41. The third-order valence-electron chi connectivity index (χ3n) is 5.62. The molecule has 160 valence electrons. The fourth-order valence-electron chi connectivity index (χ4n) is 4.00. The van der Waals surface area contributed by atoms with E-state index in [1.165, 1.54) is 12.8 Å². The molecule has 1 amide bonds. The largest absolute Gasteiger partial charge is 0.508 e. The predicted octanol–water partition coefficient (Wildman–Crippen LogP) is 3.53. The number of hydrogen-bond acceptors (Lipinski definition) is 6. The van der Waals surface area contributed by atoms with Crippen molar-refractivity contribution in [3.05, 3.63) is 59.8 Å². The number of hydrogen-bond donors (Lipinski definition) is 3. The molecule has 32 heavy (non-hydrogen) atoms. The summed E-state index contributed by atoms with van der Waals surface area (Å²) >= 11 is 0. The second-order valence-corrected chi connectivity index (χ2v) is 8.01. The van der Waals surface area contributed by atoms with Crippen molar-refractivity contribution in [3.63, 3.8) is 0 Å². The molecule has 2 aliphatic rings. The summed E-state index contributed by atoms with van der Waals surface area (Å²) in [5.41, 5.74) is 4.65. The zero-order chi connectivity index (χ0) is 21.9. The molecular formula is C25H23N5O2. The Morgan fingerprint density at radius 1 is 1.12 bits per heavy atom. The van der Waals surface area contributed by atoms with Crippen LogP contribution in [0.15, 0.2) is 48.7 Å². The van der Waals surface area contributed by atoms with Gasteiger partial charge in [-0.25, -0.2) is 9.97 Å². The highest BCUT2D eigenvalue weighted by atomic mass is 16.3. The van der Waals surface area contributed by atoms with E-state index in [1.54, 1.807) is 30.5 Å². The minimum absolute atomic E-state index is 0.102. The summed E-state index contributed by atoms with van der Waals surface area (Å²) in [6.07, 6.45) is 4.39. The summed E-state index contributed by atoms with van der Waals surface area (Å²) < 4.78 is 0. The van der Waals surface area contributed by atoms with Gasteiger partial charge in [-0.3, -0.25) is 9.69 Å². The van der Waals surface area contributed by atoms with Gasteiger partial charge in [-0.05, 0) is 68.4 Å². The predicted molar refractivity (Wildman–Crippen MR) is 124 cm³/mol. The van der Waals surface area contributed by atoms with Gasteiger partial charge in [0.2, 0.25) is 11.9 Å². The van der Waals surface area contributed by atoms with E-state index in [0.29, 0.717) is 17.3 Å². The molecule has 2 aromatic carbocycles. The first-order chi connectivity index (χ1) is 15.6. The number of rotatable bonds is 3. The average molecular weight is 425 g/mol. The number of aromatic hydroxyl groups is 1. The quantitative estimate of drug-likeness (QED) is 0.439. The van der Waals surface area contributed by atoms with Gasteiger partial charge in [-0.15, -0.1) is 0 Å². The topological polar surface area (TPSA) is 90.4 Å². The van der Waals surface area contributed by atoms with Gasteiger partial charge in [-0.2, -0.15) is 0 Å². The summed E-state index contributed by atoms with van der Waals surface area (Å²) in [6, 6.07) is 12.5. The highest BCUT2D eigenvalue weighted by molar-refractivity contribution is 6.00.